The van der Waals surface area contributed by atoms with Crippen LogP contribution in [0.2, 0.25) is 0 Å². The number of hydrogen-bond donors (Lipinski definition) is 0. The molecule has 1 aliphatic heterocycles. The summed E-state index contributed by atoms with van der Waals surface area (Å²) in [6.45, 7) is 7.26. The molecule has 1 fully saturated rings. The van der Waals surface area contributed by atoms with E-state index in [1.807, 2.05) is 0 Å². The second-order valence-corrected chi connectivity index (χ2v) is 13.6. The highest BCUT2D eigenvalue weighted by Gasteiger charge is 2.36. The molecule has 1 aliphatic rings. The van der Waals surface area contributed by atoms with Crippen LogP contribution in [0.4, 0.5) is 0 Å². The van der Waals surface area contributed by atoms with Crippen molar-refractivity contribution in [2.24, 2.45) is 5.92 Å². The molecule has 44 heavy (non-hydrogen) atoms. The predicted octanol–water partition coefficient (Wildman–Crippen LogP) is 12.5. The fraction of sp³-hybridized carbons (Fsp3) is 0.805. The molecule has 0 atom stereocenters. The second kappa shape index (κ2) is 30.5. The standard InChI is InChI=1S/C41H75NO2/c1-5-7-9-11-13-15-17-19-21-23-25-27-29-31-33-35-41(43-38-40(39-44-41)37-42(3)4)36-34-32-30-28-26-24-22-20-18-16-14-12-10-8-6-2/h11,13-14,16-17,19-20,22,40H,5-10,12,15,18,21,23-39H2,1-4H3/b13-11+,16-14-,19-17-,22-20+. The number of ether oxygens (including phenoxy) is 2. The van der Waals surface area contributed by atoms with Gasteiger partial charge in [0.2, 0.25) is 0 Å². The van der Waals surface area contributed by atoms with Gasteiger partial charge in [0.15, 0.2) is 5.79 Å². The maximum atomic E-state index is 6.54. The third-order valence-corrected chi connectivity index (χ3v) is 8.80. The van der Waals surface area contributed by atoms with E-state index in [1.165, 1.54) is 128 Å². The molecule has 0 aromatic carbocycles. The lowest BCUT2D eigenvalue weighted by Crippen LogP contribution is -2.46. The van der Waals surface area contributed by atoms with Crippen LogP contribution in [0, 0.1) is 5.92 Å². The largest absolute Gasteiger partial charge is 0.350 e. The molecule has 1 saturated heterocycles. The summed E-state index contributed by atoms with van der Waals surface area (Å²) in [6, 6.07) is 0. The van der Waals surface area contributed by atoms with E-state index < -0.39 is 0 Å². The Labute approximate surface area is 276 Å². The quantitative estimate of drug-likeness (QED) is 0.0594. The summed E-state index contributed by atoms with van der Waals surface area (Å²) in [5, 5.41) is 0. The van der Waals surface area contributed by atoms with Gasteiger partial charge >= 0.3 is 0 Å². The van der Waals surface area contributed by atoms with E-state index in [4.69, 9.17) is 9.47 Å². The van der Waals surface area contributed by atoms with Crippen molar-refractivity contribution in [3.63, 3.8) is 0 Å². The van der Waals surface area contributed by atoms with Gasteiger partial charge in [0.25, 0.3) is 0 Å². The average molecular weight is 614 g/mol. The average Bonchev–Trinajstić information content (AvgIpc) is 3.02. The second-order valence-electron chi connectivity index (χ2n) is 13.6. The Kier molecular flexibility index (Phi) is 28.3. The summed E-state index contributed by atoms with van der Waals surface area (Å²) in [5.41, 5.74) is 0. The van der Waals surface area contributed by atoms with Crippen molar-refractivity contribution in [1.29, 1.82) is 0 Å². The molecule has 3 heteroatoms. The van der Waals surface area contributed by atoms with Crippen molar-refractivity contribution in [2.45, 2.75) is 174 Å². The van der Waals surface area contributed by atoms with Crippen LogP contribution >= 0.6 is 0 Å². The van der Waals surface area contributed by atoms with Crippen molar-refractivity contribution in [3.05, 3.63) is 48.6 Å². The summed E-state index contributed by atoms with van der Waals surface area (Å²) < 4.78 is 13.1. The summed E-state index contributed by atoms with van der Waals surface area (Å²) in [6.07, 6.45) is 49.0. The summed E-state index contributed by atoms with van der Waals surface area (Å²) in [4.78, 5) is 2.26. The van der Waals surface area contributed by atoms with E-state index in [9.17, 15) is 0 Å². The number of rotatable bonds is 30. The summed E-state index contributed by atoms with van der Waals surface area (Å²) in [5.74, 6) is 0.166. The molecule has 256 valence electrons. The molecular weight excluding hydrogens is 538 g/mol. The molecule has 3 nitrogen and oxygen atoms in total. The zero-order valence-corrected chi connectivity index (χ0v) is 30.1. The van der Waals surface area contributed by atoms with Gasteiger partial charge in [-0.15, -0.1) is 0 Å². The molecule has 0 spiro atoms. The Hall–Kier alpha value is -1.16. The first-order valence-electron chi connectivity index (χ1n) is 19.1. The van der Waals surface area contributed by atoms with Crippen molar-refractivity contribution in [2.75, 3.05) is 33.9 Å². The van der Waals surface area contributed by atoms with Gasteiger partial charge in [-0.2, -0.15) is 0 Å². The first kappa shape index (κ1) is 40.9. The predicted molar refractivity (Wildman–Crippen MR) is 195 cm³/mol. The molecule has 0 unspecified atom stereocenters. The topological polar surface area (TPSA) is 21.7 Å². The lowest BCUT2D eigenvalue weighted by atomic mass is 9.97. The molecule has 0 aromatic rings. The van der Waals surface area contributed by atoms with Crippen molar-refractivity contribution >= 4 is 0 Å². The van der Waals surface area contributed by atoms with Gasteiger partial charge in [0.1, 0.15) is 0 Å². The minimum Gasteiger partial charge on any atom is -0.350 e. The fourth-order valence-electron chi connectivity index (χ4n) is 6.06. The Morgan fingerprint density at radius 1 is 0.500 bits per heavy atom. The van der Waals surface area contributed by atoms with E-state index in [0.717, 1.165) is 45.4 Å². The SMILES string of the molecule is CCCC/C=C/C/C=C\CCCCCCCCC1(CCCCCCC/C=C/C/C=C\CCCCC)OCC(CN(C)C)CO1. The Morgan fingerprint density at radius 3 is 1.32 bits per heavy atom. The summed E-state index contributed by atoms with van der Waals surface area (Å²) >= 11 is 0. The summed E-state index contributed by atoms with van der Waals surface area (Å²) in [7, 11) is 4.29. The van der Waals surface area contributed by atoms with Crippen LogP contribution in [-0.4, -0.2) is 44.5 Å². The molecule has 0 saturated carbocycles. The number of unbranched alkanes of at least 4 members (excludes halogenated alkanes) is 16. The van der Waals surface area contributed by atoms with Crippen molar-refractivity contribution in [3.8, 4) is 0 Å². The Bertz CT molecular complexity index is 714. The van der Waals surface area contributed by atoms with E-state index >= 15 is 0 Å². The fourth-order valence-corrected chi connectivity index (χ4v) is 6.06. The molecule has 0 amide bonds. The third kappa shape index (κ3) is 25.1. The van der Waals surface area contributed by atoms with Gasteiger partial charge < -0.3 is 14.4 Å². The molecule has 0 radical (unpaired) electrons. The lowest BCUT2D eigenvalue weighted by molar-refractivity contribution is -0.290. The van der Waals surface area contributed by atoms with E-state index in [-0.39, 0.29) is 5.79 Å². The van der Waals surface area contributed by atoms with E-state index in [2.05, 4.69) is 81.5 Å². The van der Waals surface area contributed by atoms with Gasteiger partial charge in [0, 0.05) is 25.3 Å². The Balaban J connectivity index is 2.18. The van der Waals surface area contributed by atoms with Gasteiger partial charge in [0.05, 0.1) is 13.2 Å². The number of nitrogens with zero attached hydrogens (tertiary/aromatic N) is 1. The first-order chi connectivity index (χ1) is 21.6. The zero-order chi connectivity index (χ0) is 31.8. The lowest BCUT2D eigenvalue weighted by Gasteiger charge is -2.41. The maximum absolute atomic E-state index is 6.54. The molecule has 1 heterocycles. The normalized spacial score (nSPS) is 19.6. The van der Waals surface area contributed by atoms with E-state index in [0.29, 0.717) is 5.92 Å². The van der Waals surface area contributed by atoms with Crippen LogP contribution in [-0.2, 0) is 9.47 Å². The number of allylic oxidation sites excluding steroid dienone is 8. The van der Waals surface area contributed by atoms with Crippen molar-refractivity contribution < 1.29 is 9.47 Å². The monoisotopic (exact) mass is 614 g/mol. The molecule has 0 aliphatic carbocycles. The van der Waals surface area contributed by atoms with Crippen LogP contribution in [0.1, 0.15) is 168 Å². The maximum Gasteiger partial charge on any atom is 0.168 e. The first-order valence-corrected chi connectivity index (χ1v) is 19.1. The Morgan fingerprint density at radius 2 is 0.886 bits per heavy atom. The van der Waals surface area contributed by atoms with Gasteiger partial charge in [-0.3, -0.25) is 0 Å². The third-order valence-electron chi connectivity index (χ3n) is 8.80. The highest BCUT2D eigenvalue weighted by atomic mass is 16.7. The molecule has 0 N–H and O–H groups in total. The van der Waals surface area contributed by atoms with Crippen molar-refractivity contribution in [1.82, 2.24) is 4.90 Å². The molecule has 0 aromatic heterocycles. The molecular formula is C41H75NO2. The number of hydrogen-bond acceptors (Lipinski definition) is 3. The minimum atomic E-state index is -0.328. The smallest absolute Gasteiger partial charge is 0.168 e. The molecule has 0 bridgehead atoms. The minimum absolute atomic E-state index is 0.328. The van der Waals surface area contributed by atoms with Crippen LogP contribution in [0.3, 0.4) is 0 Å². The highest BCUT2D eigenvalue weighted by Crippen LogP contribution is 2.33. The van der Waals surface area contributed by atoms with Crippen LogP contribution in [0.15, 0.2) is 48.6 Å². The van der Waals surface area contributed by atoms with Crippen LogP contribution in [0.5, 0.6) is 0 Å². The molecule has 1 rings (SSSR count). The van der Waals surface area contributed by atoms with Crippen LogP contribution in [0.25, 0.3) is 0 Å². The van der Waals surface area contributed by atoms with Gasteiger partial charge in [-0.1, -0.05) is 133 Å². The van der Waals surface area contributed by atoms with Gasteiger partial charge in [-0.05, 0) is 84.7 Å². The van der Waals surface area contributed by atoms with E-state index in [1.54, 1.807) is 0 Å². The zero-order valence-electron chi connectivity index (χ0n) is 30.1. The van der Waals surface area contributed by atoms with Gasteiger partial charge in [-0.25, -0.2) is 0 Å². The van der Waals surface area contributed by atoms with Crippen LogP contribution < -0.4 is 0 Å². The highest BCUT2D eigenvalue weighted by molar-refractivity contribution is 4.93.